The third-order valence-corrected chi connectivity index (χ3v) is 3.27. The van der Waals surface area contributed by atoms with E-state index in [1.54, 1.807) is 0 Å². The highest BCUT2D eigenvalue weighted by molar-refractivity contribution is 7.11. The molecule has 1 aromatic rings. The summed E-state index contributed by atoms with van der Waals surface area (Å²) in [7, 11) is 0. The number of hydrogen-bond donors (Lipinski definition) is 1. The molecule has 0 radical (unpaired) electrons. The first-order chi connectivity index (χ1) is 7.43. The maximum absolute atomic E-state index is 12.3. The van der Waals surface area contributed by atoms with Crippen LogP contribution in [0.5, 0.6) is 0 Å². The Balaban J connectivity index is 2.47. The van der Waals surface area contributed by atoms with Gasteiger partial charge in [0.2, 0.25) is 0 Å². The van der Waals surface area contributed by atoms with Gasteiger partial charge in [-0.25, -0.2) is 4.98 Å². The van der Waals surface area contributed by atoms with Crippen LogP contribution in [0.2, 0.25) is 0 Å². The second-order valence-corrected chi connectivity index (χ2v) is 4.74. The van der Waals surface area contributed by atoms with Crippen LogP contribution < -0.4 is 5.32 Å². The van der Waals surface area contributed by atoms with E-state index in [2.05, 4.69) is 10.3 Å². The zero-order chi connectivity index (χ0) is 12.2. The molecule has 6 heteroatoms. The van der Waals surface area contributed by atoms with Crippen molar-refractivity contribution < 1.29 is 13.2 Å². The number of halogens is 3. The first kappa shape index (κ1) is 13.4. The Kier molecular flexibility index (Phi) is 4.73. The standard InChI is InChI=1S/C10H15F3N2S/c1-3-14-7(2)4-5-8-6-15-9(16-8)10(11,12)13/h6-7,14H,3-5H2,1-2H3. The van der Waals surface area contributed by atoms with Gasteiger partial charge in [0.05, 0.1) is 0 Å². The van der Waals surface area contributed by atoms with Crippen molar-refractivity contribution in [2.45, 2.75) is 38.9 Å². The van der Waals surface area contributed by atoms with E-state index in [1.807, 2.05) is 13.8 Å². The number of thiazole rings is 1. The van der Waals surface area contributed by atoms with Crippen molar-refractivity contribution >= 4 is 11.3 Å². The zero-order valence-corrected chi connectivity index (χ0v) is 10.1. The second-order valence-electron chi connectivity index (χ2n) is 3.63. The van der Waals surface area contributed by atoms with Gasteiger partial charge < -0.3 is 5.32 Å². The fourth-order valence-electron chi connectivity index (χ4n) is 1.36. The lowest BCUT2D eigenvalue weighted by molar-refractivity contribution is -0.137. The molecule has 1 rings (SSSR count). The molecule has 0 aliphatic heterocycles. The number of nitrogens with zero attached hydrogens (tertiary/aromatic N) is 1. The van der Waals surface area contributed by atoms with E-state index in [4.69, 9.17) is 0 Å². The van der Waals surface area contributed by atoms with E-state index in [9.17, 15) is 13.2 Å². The van der Waals surface area contributed by atoms with Crippen LogP contribution in [0.4, 0.5) is 13.2 Å². The van der Waals surface area contributed by atoms with E-state index >= 15 is 0 Å². The lowest BCUT2D eigenvalue weighted by Crippen LogP contribution is -2.25. The van der Waals surface area contributed by atoms with Crippen molar-refractivity contribution in [3.05, 3.63) is 16.1 Å². The van der Waals surface area contributed by atoms with Crippen LogP contribution in [-0.2, 0) is 12.6 Å². The molecule has 92 valence electrons. The summed E-state index contributed by atoms with van der Waals surface area (Å²) < 4.78 is 36.8. The summed E-state index contributed by atoms with van der Waals surface area (Å²) in [5, 5.41) is 2.46. The minimum atomic E-state index is -4.31. The number of aryl methyl sites for hydroxylation is 1. The van der Waals surface area contributed by atoms with E-state index in [0.29, 0.717) is 17.3 Å². The Morgan fingerprint density at radius 2 is 2.19 bits per heavy atom. The molecule has 0 saturated heterocycles. The van der Waals surface area contributed by atoms with Crippen LogP contribution in [0.3, 0.4) is 0 Å². The lowest BCUT2D eigenvalue weighted by atomic mass is 10.2. The Bertz CT molecular complexity index is 322. The summed E-state index contributed by atoms with van der Waals surface area (Å²) in [5.74, 6) is 0. The summed E-state index contributed by atoms with van der Waals surface area (Å²) in [6, 6.07) is 0.321. The average molecular weight is 252 g/mol. The highest BCUT2D eigenvalue weighted by Gasteiger charge is 2.34. The molecule has 1 aromatic heterocycles. The minimum Gasteiger partial charge on any atom is -0.315 e. The quantitative estimate of drug-likeness (QED) is 0.871. The van der Waals surface area contributed by atoms with Gasteiger partial charge in [0, 0.05) is 17.1 Å². The predicted molar refractivity (Wildman–Crippen MR) is 58.6 cm³/mol. The van der Waals surface area contributed by atoms with Crippen molar-refractivity contribution in [2.75, 3.05) is 6.54 Å². The van der Waals surface area contributed by atoms with Crippen molar-refractivity contribution in [1.82, 2.24) is 10.3 Å². The molecule has 0 spiro atoms. The Labute approximate surface area is 96.9 Å². The molecule has 0 aliphatic carbocycles. The van der Waals surface area contributed by atoms with Crippen molar-refractivity contribution in [1.29, 1.82) is 0 Å². The molecule has 2 nitrogen and oxygen atoms in total. The number of aromatic nitrogens is 1. The van der Waals surface area contributed by atoms with Crippen LogP contribution in [0, 0.1) is 0 Å². The first-order valence-corrected chi connectivity index (χ1v) is 6.00. The summed E-state index contributed by atoms with van der Waals surface area (Å²) >= 11 is 0.736. The van der Waals surface area contributed by atoms with Gasteiger partial charge in [0.25, 0.3) is 0 Å². The van der Waals surface area contributed by atoms with E-state index in [1.165, 1.54) is 6.20 Å². The van der Waals surface area contributed by atoms with Gasteiger partial charge in [-0.05, 0) is 26.3 Å². The Hall–Kier alpha value is -0.620. The highest BCUT2D eigenvalue weighted by atomic mass is 32.1. The molecule has 0 fully saturated rings. The summed E-state index contributed by atoms with van der Waals surface area (Å²) in [6.45, 7) is 4.90. The van der Waals surface area contributed by atoms with Crippen molar-refractivity contribution in [3.8, 4) is 0 Å². The first-order valence-electron chi connectivity index (χ1n) is 5.18. The molecular weight excluding hydrogens is 237 g/mol. The molecule has 16 heavy (non-hydrogen) atoms. The number of alkyl halides is 3. The maximum atomic E-state index is 12.3. The van der Waals surface area contributed by atoms with Crippen LogP contribution >= 0.6 is 11.3 Å². The molecule has 1 atom stereocenters. The summed E-state index contributed by atoms with van der Waals surface area (Å²) in [6.07, 6.45) is -1.52. The van der Waals surface area contributed by atoms with Gasteiger partial charge in [-0.1, -0.05) is 6.92 Å². The van der Waals surface area contributed by atoms with Crippen molar-refractivity contribution in [3.63, 3.8) is 0 Å². The fraction of sp³-hybridized carbons (Fsp3) is 0.700. The maximum Gasteiger partial charge on any atom is 0.443 e. The largest absolute Gasteiger partial charge is 0.443 e. The topological polar surface area (TPSA) is 24.9 Å². The molecule has 1 heterocycles. The Morgan fingerprint density at radius 3 is 2.69 bits per heavy atom. The van der Waals surface area contributed by atoms with E-state index in [0.717, 1.165) is 24.3 Å². The third kappa shape index (κ3) is 4.09. The van der Waals surface area contributed by atoms with Gasteiger partial charge in [-0.15, -0.1) is 11.3 Å². The van der Waals surface area contributed by atoms with Crippen LogP contribution in [-0.4, -0.2) is 17.6 Å². The third-order valence-electron chi connectivity index (χ3n) is 2.17. The van der Waals surface area contributed by atoms with Gasteiger partial charge in [0.1, 0.15) is 0 Å². The van der Waals surface area contributed by atoms with Gasteiger partial charge >= 0.3 is 6.18 Å². The average Bonchev–Trinajstić information content (AvgIpc) is 2.63. The fourth-order valence-corrected chi connectivity index (χ4v) is 2.16. The smallest absolute Gasteiger partial charge is 0.315 e. The van der Waals surface area contributed by atoms with Gasteiger partial charge in [-0.2, -0.15) is 13.2 Å². The van der Waals surface area contributed by atoms with E-state index in [-0.39, 0.29) is 0 Å². The summed E-state index contributed by atoms with van der Waals surface area (Å²) in [4.78, 5) is 4.08. The molecule has 0 amide bonds. The minimum absolute atomic E-state index is 0.321. The molecule has 0 aliphatic rings. The van der Waals surface area contributed by atoms with Gasteiger partial charge in [0.15, 0.2) is 5.01 Å². The lowest BCUT2D eigenvalue weighted by Gasteiger charge is -2.10. The van der Waals surface area contributed by atoms with Crippen molar-refractivity contribution in [2.24, 2.45) is 0 Å². The monoisotopic (exact) mass is 252 g/mol. The molecule has 0 saturated carbocycles. The number of nitrogens with one attached hydrogen (secondary N) is 1. The van der Waals surface area contributed by atoms with Crippen LogP contribution in [0.15, 0.2) is 6.20 Å². The van der Waals surface area contributed by atoms with E-state index < -0.39 is 11.2 Å². The normalized spacial score (nSPS) is 14.1. The highest BCUT2D eigenvalue weighted by Crippen LogP contribution is 2.32. The molecule has 1 unspecified atom stereocenters. The second kappa shape index (κ2) is 5.63. The SMILES string of the molecule is CCNC(C)CCc1cnc(C(F)(F)F)s1. The van der Waals surface area contributed by atoms with Crippen LogP contribution in [0.25, 0.3) is 0 Å². The molecule has 1 N–H and O–H groups in total. The molecule has 0 aromatic carbocycles. The number of rotatable bonds is 5. The Morgan fingerprint density at radius 1 is 1.50 bits per heavy atom. The van der Waals surface area contributed by atoms with Crippen LogP contribution in [0.1, 0.15) is 30.2 Å². The zero-order valence-electron chi connectivity index (χ0n) is 9.27. The summed E-state index contributed by atoms with van der Waals surface area (Å²) in [5.41, 5.74) is 0. The van der Waals surface area contributed by atoms with Gasteiger partial charge in [-0.3, -0.25) is 0 Å². The predicted octanol–water partition coefficient (Wildman–Crippen LogP) is 3.09. The molecule has 0 bridgehead atoms. The number of hydrogen-bond acceptors (Lipinski definition) is 3. The molecular formula is C10H15F3N2S.